The number of nitrogens with zero attached hydrogens (tertiary/aromatic N) is 2. The fourth-order valence-electron chi connectivity index (χ4n) is 4.13. The third-order valence-corrected chi connectivity index (χ3v) is 5.80. The number of benzene rings is 2. The lowest BCUT2D eigenvalue weighted by Gasteiger charge is -2.28. The van der Waals surface area contributed by atoms with Gasteiger partial charge in [0.05, 0.1) is 11.1 Å². The highest BCUT2D eigenvalue weighted by Crippen LogP contribution is 2.22. The molecule has 6 heteroatoms. The molecular formula is C24H27N3O3. The van der Waals surface area contributed by atoms with Crippen LogP contribution in [0.1, 0.15) is 52.0 Å². The third kappa shape index (κ3) is 4.37. The van der Waals surface area contributed by atoms with Crippen LogP contribution in [0, 0.1) is 0 Å². The quantitative estimate of drug-likeness (QED) is 0.568. The molecule has 156 valence electrons. The first-order valence-electron chi connectivity index (χ1n) is 10.7. The summed E-state index contributed by atoms with van der Waals surface area (Å²) >= 11 is 0. The summed E-state index contributed by atoms with van der Waals surface area (Å²) in [5, 5.41) is 2.82. The summed E-state index contributed by atoms with van der Waals surface area (Å²) in [7, 11) is 0. The van der Waals surface area contributed by atoms with Crippen molar-refractivity contribution in [2.75, 3.05) is 31.1 Å². The van der Waals surface area contributed by atoms with Gasteiger partial charge in [-0.05, 0) is 61.9 Å². The Bertz CT molecular complexity index is 898. The van der Waals surface area contributed by atoms with Crippen LogP contribution in [0.5, 0.6) is 0 Å². The number of imide groups is 1. The second-order valence-corrected chi connectivity index (χ2v) is 7.91. The second kappa shape index (κ2) is 9.11. The molecule has 1 N–H and O–H groups in total. The lowest BCUT2D eigenvalue weighted by Crippen LogP contribution is -2.40. The molecule has 0 spiro atoms. The molecule has 4 rings (SSSR count). The summed E-state index contributed by atoms with van der Waals surface area (Å²) in [6.45, 7) is 2.55. The number of amides is 3. The summed E-state index contributed by atoms with van der Waals surface area (Å²) in [4.78, 5) is 40.3. The Labute approximate surface area is 176 Å². The van der Waals surface area contributed by atoms with Crippen molar-refractivity contribution in [3.8, 4) is 0 Å². The van der Waals surface area contributed by atoms with Crippen LogP contribution < -0.4 is 10.2 Å². The van der Waals surface area contributed by atoms with Crippen molar-refractivity contribution in [1.29, 1.82) is 0 Å². The van der Waals surface area contributed by atoms with E-state index >= 15 is 0 Å². The molecule has 0 radical (unpaired) electrons. The average Bonchev–Trinajstić information content (AvgIpc) is 3.03. The van der Waals surface area contributed by atoms with Crippen molar-refractivity contribution < 1.29 is 14.4 Å². The summed E-state index contributed by atoms with van der Waals surface area (Å²) in [6, 6.07) is 15.3. The van der Waals surface area contributed by atoms with Gasteiger partial charge in [-0.1, -0.05) is 24.3 Å². The molecule has 2 aromatic carbocycles. The zero-order valence-electron chi connectivity index (χ0n) is 17.1. The third-order valence-electron chi connectivity index (χ3n) is 5.80. The van der Waals surface area contributed by atoms with Gasteiger partial charge in [-0.15, -0.1) is 0 Å². The van der Waals surface area contributed by atoms with Gasteiger partial charge in [-0.2, -0.15) is 0 Å². The van der Waals surface area contributed by atoms with Crippen molar-refractivity contribution >= 4 is 23.4 Å². The van der Waals surface area contributed by atoms with Gasteiger partial charge in [-0.3, -0.25) is 19.3 Å². The van der Waals surface area contributed by atoms with E-state index < -0.39 is 11.8 Å². The molecule has 30 heavy (non-hydrogen) atoms. The summed E-state index contributed by atoms with van der Waals surface area (Å²) in [5.41, 5.74) is 3.25. The van der Waals surface area contributed by atoms with Crippen molar-refractivity contribution in [3.05, 3.63) is 65.2 Å². The second-order valence-electron chi connectivity index (χ2n) is 7.91. The van der Waals surface area contributed by atoms with Crippen LogP contribution in [0.4, 0.5) is 5.69 Å². The fraction of sp³-hybridized carbons (Fsp3) is 0.375. The van der Waals surface area contributed by atoms with E-state index in [1.165, 1.54) is 30.5 Å². The predicted molar refractivity (Wildman–Crippen MR) is 116 cm³/mol. The molecule has 0 aromatic heterocycles. The van der Waals surface area contributed by atoms with E-state index in [1.807, 2.05) is 0 Å². The smallest absolute Gasteiger partial charge is 0.262 e. The highest BCUT2D eigenvalue weighted by molar-refractivity contribution is 6.22. The van der Waals surface area contributed by atoms with Crippen LogP contribution >= 0.6 is 0 Å². The molecule has 0 aliphatic carbocycles. The predicted octanol–water partition coefficient (Wildman–Crippen LogP) is 3.02. The van der Waals surface area contributed by atoms with Crippen LogP contribution in [-0.4, -0.2) is 48.8 Å². The van der Waals surface area contributed by atoms with Gasteiger partial charge < -0.3 is 10.2 Å². The van der Waals surface area contributed by atoms with Gasteiger partial charge in [-0.25, -0.2) is 0 Å². The molecule has 2 aromatic rings. The highest BCUT2D eigenvalue weighted by Gasteiger charge is 2.36. The molecule has 2 aliphatic heterocycles. The van der Waals surface area contributed by atoms with Crippen molar-refractivity contribution in [2.45, 2.75) is 32.1 Å². The first-order chi connectivity index (χ1) is 14.6. The van der Waals surface area contributed by atoms with Gasteiger partial charge in [0.15, 0.2) is 0 Å². The van der Waals surface area contributed by atoms with Gasteiger partial charge >= 0.3 is 0 Å². The number of fused-ring (bicyclic) bond motifs is 1. The minimum Gasteiger partial charge on any atom is -0.372 e. The molecule has 3 amide bonds. The zero-order valence-corrected chi connectivity index (χ0v) is 17.1. The number of carbonyl (C=O) groups excluding carboxylic acids is 3. The summed E-state index contributed by atoms with van der Waals surface area (Å²) in [5.74, 6) is -1.12. The van der Waals surface area contributed by atoms with E-state index in [0.717, 1.165) is 30.8 Å². The van der Waals surface area contributed by atoms with Crippen molar-refractivity contribution in [1.82, 2.24) is 10.2 Å². The molecule has 0 saturated carbocycles. The molecule has 0 unspecified atom stereocenters. The Balaban J connectivity index is 1.20. The molecule has 0 atom stereocenters. The normalized spacial score (nSPS) is 16.0. The van der Waals surface area contributed by atoms with Crippen LogP contribution in [0.2, 0.25) is 0 Å². The number of carbonyl (C=O) groups is 3. The molecule has 0 bridgehead atoms. The van der Waals surface area contributed by atoms with E-state index in [9.17, 15) is 14.4 Å². The van der Waals surface area contributed by atoms with Crippen LogP contribution in [0.15, 0.2) is 48.5 Å². The lowest BCUT2D eigenvalue weighted by atomic mass is 10.1. The topological polar surface area (TPSA) is 69.7 Å². The van der Waals surface area contributed by atoms with E-state index in [-0.39, 0.29) is 12.5 Å². The van der Waals surface area contributed by atoms with Crippen molar-refractivity contribution in [3.63, 3.8) is 0 Å². The maximum absolute atomic E-state index is 12.3. The Kier molecular flexibility index (Phi) is 6.12. The Morgan fingerprint density at radius 1 is 0.867 bits per heavy atom. The number of piperidine rings is 1. The van der Waals surface area contributed by atoms with Crippen LogP contribution in [-0.2, 0) is 11.2 Å². The Hall–Kier alpha value is -3.15. The van der Waals surface area contributed by atoms with E-state index in [2.05, 4.69) is 34.5 Å². The number of hydrogen-bond donors (Lipinski definition) is 1. The van der Waals surface area contributed by atoms with E-state index in [4.69, 9.17) is 0 Å². The van der Waals surface area contributed by atoms with Gasteiger partial charge in [0.1, 0.15) is 6.54 Å². The number of hydrogen-bond acceptors (Lipinski definition) is 4. The Morgan fingerprint density at radius 2 is 1.50 bits per heavy atom. The molecule has 2 aliphatic rings. The largest absolute Gasteiger partial charge is 0.372 e. The molecular weight excluding hydrogens is 378 g/mol. The van der Waals surface area contributed by atoms with E-state index in [1.54, 1.807) is 24.3 Å². The first-order valence-corrected chi connectivity index (χ1v) is 10.7. The van der Waals surface area contributed by atoms with Gasteiger partial charge in [0, 0.05) is 25.3 Å². The maximum atomic E-state index is 12.3. The number of anilines is 1. The van der Waals surface area contributed by atoms with Crippen LogP contribution in [0.25, 0.3) is 0 Å². The standard InChI is InChI=1S/C24H27N3O3/c28-22(17-27-23(29)20-8-2-3-9-21(20)24(27)30)25-14-6-7-18-10-12-19(13-11-18)26-15-4-1-5-16-26/h2-3,8-13H,1,4-7,14-17H2,(H,25,28). The number of aryl methyl sites for hydroxylation is 1. The zero-order chi connectivity index (χ0) is 20.9. The summed E-state index contributed by atoms with van der Waals surface area (Å²) in [6.07, 6.45) is 5.53. The number of nitrogens with one attached hydrogen (secondary N) is 1. The van der Waals surface area contributed by atoms with E-state index in [0.29, 0.717) is 17.7 Å². The first kappa shape index (κ1) is 20.1. The maximum Gasteiger partial charge on any atom is 0.262 e. The summed E-state index contributed by atoms with van der Waals surface area (Å²) < 4.78 is 0. The van der Waals surface area contributed by atoms with Gasteiger partial charge in [0.25, 0.3) is 11.8 Å². The fourth-order valence-corrected chi connectivity index (χ4v) is 4.13. The molecule has 2 heterocycles. The monoisotopic (exact) mass is 405 g/mol. The van der Waals surface area contributed by atoms with Gasteiger partial charge in [0.2, 0.25) is 5.91 Å². The molecule has 1 fully saturated rings. The minimum absolute atomic E-state index is 0.239. The highest BCUT2D eigenvalue weighted by atomic mass is 16.2. The number of rotatable bonds is 7. The minimum atomic E-state index is -0.403. The van der Waals surface area contributed by atoms with Crippen molar-refractivity contribution in [2.24, 2.45) is 0 Å². The average molecular weight is 405 g/mol. The Morgan fingerprint density at radius 3 is 2.13 bits per heavy atom. The lowest BCUT2D eigenvalue weighted by molar-refractivity contribution is -0.121. The molecule has 6 nitrogen and oxygen atoms in total. The molecule has 1 saturated heterocycles. The SMILES string of the molecule is O=C(CN1C(=O)c2ccccc2C1=O)NCCCc1ccc(N2CCCCC2)cc1. The van der Waals surface area contributed by atoms with Crippen LogP contribution in [0.3, 0.4) is 0 Å².